The lowest BCUT2D eigenvalue weighted by atomic mass is 9.95. The lowest BCUT2D eigenvalue weighted by Crippen LogP contribution is -2.44. The fraction of sp³-hybridized carbons (Fsp3) is 0.733. The van der Waals surface area contributed by atoms with E-state index in [0.29, 0.717) is 4.34 Å². The van der Waals surface area contributed by atoms with Crippen LogP contribution in [0.15, 0.2) is 4.34 Å². The van der Waals surface area contributed by atoms with E-state index < -0.39 is 23.1 Å². The van der Waals surface area contributed by atoms with Crippen molar-refractivity contribution in [2.24, 2.45) is 0 Å². The van der Waals surface area contributed by atoms with Crippen molar-refractivity contribution in [2.75, 3.05) is 31.8 Å². The van der Waals surface area contributed by atoms with Gasteiger partial charge in [0.15, 0.2) is 0 Å². The normalized spacial score (nSPS) is 22.6. The summed E-state index contributed by atoms with van der Waals surface area (Å²) >= 11 is 1.06. The molecule has 2 unspecified atom stereocenters. The standard InChI is InChI=1S/C15H23N5O4S2/c1-18-9-11(24-15(22)19(2)10-7-5-4-6-8-10)20(14(18)21)12-16-17-13(25-12)26(3)23/h10-11H,4-9H2,1-3H3. The van der Waals surface area contributed by atoms with Crippen molar-refractivity contribution < 1.29 is 18.5 Å². The second kappa shape index (κ2) is 7.87. The van der Waals surface area contributed by atoms with Crippen LogP contribution in [0.1, 0.15) is 32.1 Å². The van der Waals surface area contributed by atoms with Crippen LogP contribution in [0.25, 0.3) is 0 Å². The molecule has 2 aliphatic rings. The number of hydrogen-bond donors (Lipinski definition) is 0. The molecule has 0 N–H and O–H groups in total. The topological polar surface area (TPSA) is 95.9 Å². The Bertz CT molecular complexity index is 706. The smallest absolute Gasteiger partial charge is 0.411 e. The number of carbonyl (C=O) groups is 2. The number of ether oxygens (including phenoxy) is 1. The molecule has 2 fully saturated rings. The van der Waals surface area contributed by atoms with Gasteiger partial charge in [-0.25, -0.2) is 14.5 Å². The van der Waals surface area contributed by atoms with E-state index in [1.807, 2.05) is 0 Å². The molecule has 1 saturated heterocycles. The maximum atomic E-state index is 12.6. The van der Waals surface area contributed by atoms with E-state index in [4.69, 9.17) is 4.74 Å². The molecule has 0 aromatic carbocycles. The molecule has 144 valence electrons. The molecule has 1 aromatic heterocycles. The van der Waals surface area contributed by atoms with Gasteiger partial charge < -0.3 is 14.5 Å². The van der Waals surface area contributed by atoms with Gasteiger partial charge in [-0.15, -0.1) is 10.2 Å². The number of likely N-dealkylation sites (N-methyl/N-ethyl adjacent to an activating group) is 1. The Kier molecular flexibility index (Phi) is 5.76. The Morgan fingerprint density at radius 1 is 1.31 bits per heavy atom. The third-order valence-corrected chi connectivity index (χ3v) is 6.99. The fourth-order valence-corrected chi connectivity index (χ4v) is 4.69. The summed E-state index contributed by atoms with van der Waals surface area (Å²) in [4.78, 5) is 29.4. The van der Waals surface area contributed by atoms with Crippen LogP contribution in [-0.4, -0.2) is 75.5 Å². The number of nitrogens with zero attached hydrogens (tertiary/aromatic N) is 5. The van der Waals surface area contributed by atoms with Gasteiger partial charge in [-0.2, -0.15) is 0 Å². The number of amides is 3. The molecule has 1 saturated carbocycles. The van der Waals surface area contributed by atoms with Crippen molar-refractivity contribution in [3.63, 3.8) is 0 Å². The van der Waals surface area contributed by atoms with Gasteiger partial charge in [0.05, 0.1) is 17.3 Å². The van der Waals surface area contributed by atoms with Gasteiger partial charge in [0.1, 0.15) is 0 Å². The van der Waals surface area contributed by atoms with E-state index >= 15 is 0 Å². The van der Waals surface area contributed by atoms with Crippen molar-refractivity contribution in [3.05, 3.63) is 0 Å². The molecule has 26 heavy (non-hydrogen) atoms. The summed E-state index contributed by atoms with van der Waals surface area (Å²) in [5, 5.41) is 8.07. The first-order chi connectivity index (χ1) is 12.4. The molecule has 2 heterocycles. The van der Waals surface area contributed by atoms with Crippen LogP contribution in [0.3, 0.4) is 0 Å². The molecular weight excluding hydrogens is 378 g/mol. The van der Waals surface area contributed by atoms with E-state index in [-0.39, 0.29) is 23.7 Å². The Labute approximate surface area is 158 Å². The van der Waals surface area contributed by atoms with Crippen LogP contribution >= 0.6 is 11.3 Å². The molecule has 2 atom stereocenters. The minimum absolute atomic E-state index is 0.176. The average Bonchev–Trinajstić information content (AvgIpc) is 3.20. The van der Waals surface area contributed by atoms with E-state index in [1.165, 1.54) is 22.5 Å². The summed E-state index contributed by atoms with van der Waals surface area (Å²) in [5.74, 6) is 0. The molecule has 9 nitrogen and oxygen atoms in total. The van der Waals surface area contributed by atoms with Gasteiger partial charge >= 0.3 is 12.1 Å². The first-order valence-electron chi connectivity index (χ1n) is 8.53. The summed E-state index contributed by atoms with van der Waals surface area (Å²) < 4.78 is 17.5. The van der Waals surface area contributed by atoms with Gasteiger partial charge in [-0.3, -0.25) is 4.21 Å². The first-order valence-corrected chi connectivity index (χ1v) is 10.9. The van der Waals surface area contributed by atoms with Crippen LogP contribution in [0.4, 0.5) is 14.7 Å². The van der Waals surface area contributed by atoms with Gasteiger partial charge in [0.25, 0.3) is 0 Å². The van der Waals surface area contributed by atoms with Crippen LogP contribution in [-0.2, 0) is 15.5 Å². The van der Waals surface area contributed by atoms with Crippen LogP contribution in [0.5, 0.6) is 0 Å². The Hall–Kier alpha value is -1.75. The average molecular weight is 402 g/mol. The predicted molar refractivity (Wildman–Crippen MR) is 97.7 cm³/mol. The van der Waals surface area contributed by atoms with E-state index in [9.17, 15) is 13.8 Å². The minimum atomic E-state index is -1.28. The fourth-order valence-electron chi connectivity index (χ4n) is 3.23. The maximum Gasteiger partial charge on any atom is 0.411 e. The molecule has 11 heteroatoms. The van der Waals surface area contributed by atoms with Gasteiger partial charge in [-0.1, -0.05) is 30.6 Å². The van der Waals surface area contributed by atoms with E-state index in [1.54, 1.807) is 19.0 Å². The van der Waals surface area contributed by atoms with Crippen LogP contribution in [0, 0.1) is 0 Å². The Morgan fingerprint density at radius 2 is 2.00 bits per heavy atom. The molecule has 0 spiro atoms. The van der Waals surface area contributed by atoms with Gasteiger partial charge in [0.2, 0.25) is 15.7 Å². The van der Waals surface area contributed by atoms with Crippen molar-refractivity contribution in [2.45, 2.75) is 48.7 Å². The summed E-state index contributed by atoms with van der Waals surface area (Å²) in [5.41, 5.74) is 0. The highest BCUT2D eigenvalue weighted by atomic mass is 32.2. The molecule has 0 radical (unpaired) electrons. The zero-order valence-electron chi connectivity index (χ0n) is 15.1. The van der Waals surface area contributed by atoms with Gasteiger partial charge in [-0.05, 0) is 12.8 Å². The highest BCUT2D eigenvalue weighted by Crippen LogP contribution is 2.30. The molecule has 0 bridgehead atoms. The lowest BCUT2D eigenvalue weighted by Gasteiger charge is -2.31. The monoisotopic (exact) mass is 401 g/mol. The highest BCUT2D eigenvalue weighted by molar-refractivity contribution is 7.86. The van der Waals surface area contributed by atoms with Crippen LogP contribution < -0.4 is 4.90 Å². The van der Waals surface area contributed by atoms with E-state index in [0.717, 1.165) is 37.0 Å². The zero-order chi connectivity index (χ0) is 18.8. The summed E-state index contributed by atoms with van der Waals surface area (Å²) in [6, 6.07) is -0.150. The lowest BCUT2D eigenvalue weighted by molar-refractivity contribution is 0.0581. The van der Waals surface area contributed by atoms with Gasteiger partial charge in [0, 0.05) is 26.4 Å². The van der Waals surface area contributed by atoms with Crippen molar-refractivity contribution in [1.82, 2.24) is 20.0 Å². The van der Waals surface area contributed by atoms with Crippen molar-refractivity contribution in [3.8, 4) is 0 Å². The van der Waals surface area contributed by atoms with Crippen molar-refractivity contribution >= 4 is 39.4 Å². The van der Waals surface area contributed by atoms with Crippen molar-refractivity contribution in [1.29, 1.82) is 0 Å². The third-order valence-electron chi connectivity index (χ3n) is 4.75. The highest BCUT2D eigenvalue weighted by Gasteiger charge is 2.42. The Morgan fingerprint density at radius 3 is 2.62 bits per heavy atom. The SMILES string of the molecule is CN1CC(OC(=O)N(C)C2CCCCC2)N(c2nnc(S(C)=O)s2)C1=O. The third kappa shape index (κ3) is 3.83. The zero-order valence-corrected chi connectivity index (χ0v) is 16.7. The minimum Gasteiger partial charge on any atom is -0.423 e. The number of carbonyl (C=O) groups excluding carboxylic acids is 2. The molecular formula is C15H23N5O4S2. The number of hydrogen-bond acceptors (Lipinski definition) is 7. The number of urea groups is 1. The van der Waals surface area contributed by atoms with Crippen LogP contribution in [0.2, 0.25) is 0 Å². The quantitative estimate of drug-likeness (QED) is 0.715. The summed E-state index contributed by atoms with van der Waals surface area (Å²) in [7, 11) is 2.09. The second-order valence-corrected chi connectivity index (χ2v) is 9.09. The molecule has 3 amide bonds. The largest absolute Gasteiger partial charge is 0.423 e. The predicted octanol–water partition coefficient (Wildman–Crippen LogP) is 1.87. The summed E-state index contributed by atoms with van der Waals surface area (Å²) in [6.07, 6.45) is 5.64. The molecule has 1 aliphatic heterocycles. The molecule has 1 aliphatic carbocycles. The van der Waals surface area contributed by atoms with E-state index in [2.05, 4.69) is 10.2 Å². The number of rotatable bonds is 4. The number of anilines is 1. The molecule has 3 rings (SSSR count). The Balaban J connectivity index is 1.73. The second-order valence-electron chi connectivity index (χ2n) is 6.58. The maximum absolute atomic E-state index is 12.6. The number of aromatic nitrogens is 2. The molecule has 1 aromatic rings. The summed E-state index contributed by atoms with van der Waals surface area (Å²) in [6.45, 7) is 0.243. The first kappa shape index (κ1) is 19.0.